The zero-order valence-corrected chi connectivity index (χ0v) is 11.5. The second kappa shape index (κ2) is 6.86. The van der Waals surface area contributed by atoms with Crippen molar-refractivity contribution in [2.45, 2.75) is 37.6 Å². The second-order valence-corrected chi connectivity index (χ2v) is 4.86. The first kappa shape index (κ1) is 15.7. The van der Waals surface area contributed by atoms with Crippen LogP contribution in [0.25, 0.3) is 0 Å². The number of benzene rings is 1. The summed E-state index contributed by atoms with van der Waals surface area (Å²) < 4.78 is 11.0. The average Bonchev–Trinajstić information content (AvgIpc) is 2.47. The molecule has 7 nitrogen and oxygen atoms in total. The largest absolute Gasteiger partial charge is 0.463 e. The molecule has 0 radical (unpaired) electrons. The number of nitrogens with one attached hydrogen (secondary N) is 1. The number of para-hydroxylation sites is 1. The molecule has 0 aromatic heterocycles. The van der Waals surface area contributed by atoms with E-state index in [0.717, 1.165) is 0 Å². The van der Waals surface area contributed by atoms with Crippen molar-refractivity contribution in [1.29, 1.82) is 0 Å². The van der Waals surface area contributed by atoms with Gasteiger partial charge in [-0.1, -0.05) is 18.2 Å². The van der Waals surface area contributed by atoms with Crippen LogP contribution in [0.4, 0.5) is 0 Å². The summed E-state index contributed by atoms with van der Waals surface area (Å²) >= 11 is 0. The number of hydrogen-bond acceptors (Lipinski definition) is 6. The van der Waals surface area contributed by atoms with Gasteiger partial charge in [0.25, 0.3) is 0 Å². The number of hydrogen-bond donors (Lipinski definition) is 4. The lowest BCUT2D eigenvalue weighted by atomic mass is 9.97. The van der Waals surface area contributed by atoms with E-state index in [2.05, 4.69) is 5.32 Å². The molecule has 5 atom stereocenters. The number of carbonyl (C=O) groups excluding carboxylic acids is 1. The molecule has 0 bridgehead atoms. The molecule has 1 aliphatic rings. The summed E-state index contributed by atoms with van der Waals surface area (Å²) in [7, 11) is 0. The molecule has 4 N–H and O–H groups in total. The summed E-state index contributed by atoms with van der Waals surface area (Å²) in [5.74, 6) is 0.0945. The predicted molar refractivity (Wildman–Crippen MR) is 72.4 cm³/mol. The third kappa shape index (κ3) is 3.70. The van der Waals surface area contributed by atoms with Crippen molar-refractivity contribution in [2.75, 3.05) is 6.61 Å². The zero-order chi connectivity index (χ0) is 15.4. The van der Waals surface area contributed by atoms with Crippen LogP contribution in [0.2, 0.25) is 0 Å². The standard InChI is InChI=1S/C14H19NO6/c1-8(17)15-11-13(19)12(18)10(7-16)21-14(11)20-9-5-3-2-4-6-9/h2-6,10-14,16,18-19H,7H2,1H3,(H,15,17)/t10-,11+,12+,13+,14-/m0/s1. The van der Waals surface area contributed by atoms with E-state index in [1.54, 1.807) is 24.3 Å². The normalized spacial score (nSPS) is 32.5. The lowest BCUT2D eigenvalue weighted by molar-refractivity contribution is -0.244. The van der Waals surface area contributed by atoms with Crippen LogP contribution in [-0.4, -0.2) is 58.5 Å². The fourth-order valence-electron chi connectivity index (χ4n) is 2.20. The molecule has 0 spiro atoms. The SMILES string of the molecule is CC(=O)N[C@H]1[C@@H](Oc2ccccc2)O[C@@H](CO)[C@@H](O)[C@@H]1O. The average molecular weight is 297 g/mol. The van der Waals surface area contributed by atoms with Gasteiger partial charge >= 0.3 is 0 Å². The quantitative estimate of drug-likeness (QED) is 0.568. The highest BCUT2D eigenvalue weighted by atomic mass is 16.7. The first-order chi connectivity index (χ1) is 10.0. The smallest absolute Gasteiger partial charge is 0.223 e. The van der Waals surface area contributed by atoms with Crippen molar-refractivity contribution in [3.63, 3.8) is 0 Å². The van der Waals surface area contributed by atoms with Gasteiger partial charge in [0, 0.05) is 6.92 Å². The summed E-state index contributed by atoms with van der Waals surface area (Å²) in [6, 6.07) is 7.79. The van der Waals surface area contributed by atoms with Crippen molar-refractivity contribution >= 4 is 5.91 Å². The first-order valence-corrected chi connectivity index (χ1v) is 6.64. The molecule has 1 fully saturated rings. The molecule has 2 rings (SSSR count). The fourth-order valence-corrected chi connectivity index (χ4v) is 2.20. The van der Waals surface area contributed by atoms with Gasteiger partial charge in [0.05, 0.1) is 6.61 Å². The van der Waals surface area contributed by atoms with Gasteiger partial charge < -0.3 is 30.1 Å². The van der Waals surface area contributed by atoms with Crippen LogP contribution in [0, 0.1) is 0 Å². The second-order valence-electron chi connectivity index (χ2n) is 4.86. The molecule has 0 saturated carbocycles. The van der Waals surface area contributed by atoms with Crippen molar-refractivity contribution in [3.8, 4) is 5.75 Å². The maximum absolute atomic E-state index is 11.2. The van der Waals surface area contributed by atoms with Crippen LogP contribution in [-0.2, 0) is 9.53 Å². The van der Waals surface area contributed by atoms with Crippen LogP contribution in [0.5, 0.6) is 5.75 Å². The molecule has 1 saturated heterocycles. The van der Waals surface area contributed by atoms with Crippen molar-refractivity contribution in [2.24, 2.45) is 0 Å². The number of aliphatic hydroxyl groups excluding tert-OH is 3. The minimum Gasteiger partial charge on any atom is -0.463 e. The molecule has 0 unspecified atom stereocenters. The highest BCUT2D eigenvalue weighted by molar-refractivity contribution is 5.73. The van der Waals surface area contributed by atoms with Gasteiger partial charge in [-0.3, -0.25) is 4.79 Å². The van der Waals surface area contributed by atoms with E-state index in [0.29, 0.717) is 5.75 Å². The highest BCUT2D eigenvalue weighted by Gasteiger charge is 2.45. The Morgan fingerprint density at radius 2 is 1.95 bits per heavy atom. The summed E-state index contributed by atoms with van der Waals surface area (Å²) in [6.07, 6.45) is -4.64. The van der Waals surface area contributed by atoms with Crippen LogP contribution >= 0.6 is 0 Å². The summed E-state index contributed by atoms with van der Waals surface area (Å²) in [5.41, 5.74) is 0. The fraction of sp³-hybridized carbons (Fsp3) is 0.500. The summed E-state index contributed by atoms with van der Waals surface area (Å²) in [5, 5.41) is 31.7. The van der Waals surface area contributed by atoms with Crippen molar-refractivity contribution in [3.05, 3.63) is 30.3 Å². The Bertz CT molecular complexity index is 468. The number of ether oxygens (including phenoxy) is 2. The monoisotopic (exact) mass is 297 g/mol. The predicted octanol–water partition coefficient (Wildman–Crippen LogP) is -0.991. The molecule has 21 heavy (non-hydrogen) atoms. The molecule has 1 heterocycles. The minimum absolute atomic E-state index is 0.390. The molecule has 0 aliphatic carbocycles. The summed E-state index contributed by atoms with van der Waals surface area (Å²) in [4.78, 5) is 11.2. The molecular formula is C14H19NO6. The third-order valence-electron chi connectivity index (χ3n) is 3.25. The molecule has 1 aromatic carbocycles. The molecule has 1 aromatic rings. The maximum atomic E-state index is 11.2. The van der Waals surface area contributed by atoms with E-state index in [4.69, 9.17) is 9.47 Å². The zero-order valence-electron chi connectivity index (χ0n) is 11.5. The van der Waals surface area contributed by atoms with E-state index < -0.39 is 37.3 Å². The van der Waals surface area contributed by atoms with Gasteiger partial charge in [0.15, 0.2) is 0 Å². The van der Waals surface area contributed by atoms with E-state index in [-0.39, 0.29) is 5.91 Å². The van der Waals surface area contributed by atoms with Crippen molar-refractivity contribution < 1.29 is 29.6 Å². The van der Waals surface area contributed by atoms with Crippen LogP contribution < -0.4 is 10.1 Å². The van der Waals surface area contributed by atoms with Crippen LogP contribution in [0.1, 0.15) is 6.92 Å². The molecule has 1 aliphatic heterocycles. The molecular weight excluding hydrogens is 278 g/mol. The first-order valence-electron chi connectivity index (χ1n) is 6.64. The van der Waals surface area contributed by atoms with E-state index in [1.165, 1.54) is 6.92 Å². The number of rotatable bonds is 4. The summed E-state index contributed by atoms with van der Waals surface area (Å²) in [6.45, 7) is 0.816. The molecule has 7 heteroatoms. The highest BCUT2D eigenvalue weighted by Crippen LogP contribution is 2.24. The van der Waals surface area contributed by atoms with Gasteiger partial charge in [-0.05, 0) is 12.1 Å². The van der Waals surface area contributed by atoms with Gasteiger partial charge in [-0.2, -0.15) is 0 Å². The Labute approximate surface area is 122 Å². The number of carbonyl (C=O) groups is 1. The Hall–Kier alpha value is -1.67. The van der Waals surface area contributed by atoms with Gasteiger partial charge in [0.2, 0.25) is 12.2 Å². The van der Waals surface area contributed by atoms with E-state index in [1.807, 2.05) is 6.07 Å². The Morgan fingerprint density at radius 3 is 2.52 bits per heavy atom. The Balaban J connectivity index is 2.18. The van der Waals surface area contributed by atoms with Crippen LogP contribution in [0.3, 0.4) is 0 Å². The topological polar surface area (TPSA) is 108 Å². The van der Waals surface area contributed by atoms with Gasteiger partial charge in [-0.15, -0.1) is 0 Å². The van der Waals surface area contributed by atoms with Gasteiger partial charge in [-0.25, -0.2) is 0 Å². The maximum Gasteiger partial charge on any atom is 0.223 e. The lowest BCUT2D eigenvalue weighted by Crippen LogP contribution is -2.65. The van der Waals surface area contributed by atoms with E-state index >= 15 is 0 Å². The van der Waals surface area contributed by atoms with E-state index in [9.17, 15) is 20.1 Å². The van der Waals surface area contributed by atoms with Crippen molar-refractivity contribution in [1.82, 2.24) is 5.32 Å². The van der Waals surface area contributed by atoms with Gasteiger partial charge in [0.1, 0.15) is 30.1 Å². The number of amides is 1. The molecule has 116 valence electrons. The molecule has 1 amide bonds. The third-order valence-corrected chi connectivity index (χ3v) is 3.25. The Morgan fingerprint density at radius 1 is 1.29 bits per heavy atom. The minimum atomic E-state index is -1.32. The Kier molecular flexibility index (Phi) is 5.13. The lowest BCUT2D eigenvalue weighted by Gasteiger charge is -2.42. The number of aliphatic hydroxyl groups is 3. The van der Waals surface area contributed by atoms with Crippen LogP contribution in [0.15, 0.2) is 30.3 Å².